The number of benzene rings is 1. The largest absolute Gasteiger partial charge is 0.573 e. The van der Waals surface area contributed by atoms with Crippen molar-refractivity contribution in [2.75, 3.05) is 0 Å². The first-order valence-corrected chi connectivity index (χ1v) is 6.40. The maximum atomic E-state index is 14.0. The summed E-state index contributed by atoms with van der Waals surface area (Å²) in [4.78, 5) is 0. The summed E-state index contributed by atoms with van der Waals surface area (Å²) >= 11 is 0. The van der Waals surface area contributed by atoms with Gasteiger partial charge in [0.1, 0.15) is 11.4 Å². The van der Waals surface area contributed by atoms with Crippen molar-refractivity contribution in [1.82, 2.24) is 19.8 Å². The van der Waals surface area contributed by atoms with Crippen LogP contribution in [0.2, 0.25) is 0 Å². The van der Waals surface area contributed by atoms with Crippen molar-refractivity contribution >= 4 is 5.65 Å². The molecular formula is C13H5F7N4O. The molecule has 0 aliphatic heterocycles. The molecular weight excluding hydrogens is 361 g/mol. The smallest absolute Gasteiger partial charge is 0.406 e. The third-order valence-corrected chi connectivity index (χ3v) is 2.96. The number of aromatic nitrogens is 4. The van der Waals surface area contributed by atoms with Crippen molar-refractivity contribution in [1.29, 1.82) is 0 Å². The minimum absolute atomic E-state index is 0.0595. The first-order valence-electron chi connectivity index (χ1n) is 6.40. The van der Waals surface area contributed by atoms with Crippen molar-refractivity contribution in [2.45, 2.75) is 12.5 Å². The van der Waals surface area contributed by atoms with E-state index in [1.807, 2.05) is 0 Å². The Labute approximate surface area is 133 Å². The van der Waals surface area contributed by atoms with Gasteiger partial charge in [-0.1, -0.05) is 0 Å². The lowest BCUT2D eigenvalue weighted by Crippen LogP contribution is -2.17. The van der Waals surface area contributed by atoms with Gasteiger partial charge < -0.3 is 4.74 Å². The van der Waals surface area contributed by atoms with Crippen LogP contribution in [0.1, 0.15) is 5.82 Å². The summed E-state index contributed by atoms with van der Waals surface area (Å²) in [5.41, 5.74) is -1.04. The van der Waals surface area contributed by atoms with Gasteiger partial charge in [-0.15, -0.1) is 23.4 Å². The standard InChI is InChI=1S/C13H5F7N4O/c14-8-5-9-21-22-11(12(15,16)17)24(9)23-10(8)6-1-3-7(4-2-6)25-13(18,19)20/h1-5H. The zero-order valence-corrected chi connectivity index (χ0v) is 11.7. The van der Waals surface area contributed by atoms with Gasteiger partial charge in [0.15, 0.2) is 11.5 Å². The average Bonchev–Trinajstić information content (AvgIpc) is 2.88. The van der Waals surface area contributed by atoms with Gasteiger partial charge in [-0.2, -0.15) is 22.8 Å². The number of ether oxygens (including phenoxy) is 1. The highest BCUT2D eigenvalue weighted by molar-refractivity contribution is 5.62. The van der Waals surface area contributed by atoms with Gasteiger partial charge in [-0.3, -0.25) is 0 Å². The number of hydrogen-bond donors (Lipinski definition) is 0. The van der Waals surface area contributed by atoms with Crippen LogP contribution in [0.5, 0.6) is 5.75 Å². The molecule has 25 heavy (non-hydrogen) atoms. The number of alkyl halides is 6. The second kappa shape index (κ2) is 5.57. The second-order valence-corrected chi connectivity index (χ2v) is 4.70. The molecule has 0 aliphatic carbocycles. The molecule has 1 aromatic carbocycles. The maximum absolute atomic E-state index is 14.0. The van der Waals surface area contributed by atoms with E-state index in [-0.39, 0.29) is 5.56 Å². The van der Waals surface area contributed by atoms with E-state index >= 15 is 0 Å². The van der Waals surface area contributed by atoms with Crippen molar-refractivity contribution in [3.05, 3.63) is 42.0 Å². The Kier molecular flexibility index (Phi) is 3.77. The van der Waals surface area contributed by atoms with Crippen LogP contribution in [-0.2, 0) is 6.18 Å². The Morgan fingerprint density at radius 2 is 1.56 bits per heavy atom. The van der Waals surface area contributed by atoms with Crippen LogP contribution in [0.4, 0.5) is 30.7 Å². The molecule has 0 fully saturated rings. The molecule has 2 heterocycles. The lowest BCUT2D eigenvalue weighted by Gasteiger charge is -2.10. The molecule has 0 saturated carbocycles. The van der Waals surface area contributed by atoms with Crippen molar-refractivity contribution in [2.24, 2.45) is 0 Å². The summed E-state index contributed by atoms with van der Waals surface area (Å²) in [6.07, 6.45) is -9.78. The molecule has 132 valence electrons. The van der Waals surface area contributed by atoms with Crippen LogP contribution in [0, 0.1) is 5.82 Å². The maximum Gasteiger partial charge on any atom is 0.573 e. The molecule has 2 aromatic heterocycles. The molecule has 5 nitrogen and oxygen atoms in total. The van der Waals surface area contributed by atoms with Crippen LogP contribution in [0.15, 0.2) is 30.3 Å². The lowest BCUT2D eigenvalue weighted by molar-refractivity contribution is -0.274. The van der Waals surface area contributed by atoms with E-state index in [0.717, 1.165) is 24.3 Å². The Balaban J connectivity index is 2.04. The zero-order valence-electron chi connectivity index (χ0n) is 11.7. The number of nitrogens with zero attached hydrogens (tertiary/aromatic N) is 4. The minimum atomic E-state index is -4.91. The summed E-state index contributed by atoms with van der Waals surface area (Å²) in [5, 5.41) is 9.60. The van der Waals surface area contributed by atoms with Crippen LogP contribution < -0.4 is 4.74 Å². The van der Waals surface area contributed by atoms with Gasteiger partial charge in [0.05, 0.1) is 0 Å². The lowest BCUT2D eigenvalue weighted by atomic mass is 10.1. The summed E-state index contributed by atoms with van der Waals surface area (Å²) in [6, 6.07) is 4.49. The van der Waals surface area contributed by atoms with Gasteiger partial charge in [-0.05, 0) is 24.3 Å². The van der Waals surface area contributed by atoms with Crippen LogP contribution in [0.25, 0.3) is 16.9 Å². The second-order valence-electron chi connectivity index (χ2n) is 4.70. The quantitative estimate of drug-likeness (QED) is 0.647. The van der Waals surface area contributed by atoms with Gasteiger partial charge >= 0.3 is 12.5 Å². The highest BCUT2D eigenvalue weighted by Crippen LogP contribution is 2.30. The number of rotatable bonds is 2. The molecule has 0 spiro atoms. The van der Waals surface area contributed by atoms with Gasteiger partial charge in [0.2, 0.25) is 0 Å². The predicted octanol–water partition coefficient (Wildman–Crippen LogP) is 3.85. The fourth-order valence-corrected chi connectivity index (χ4v) is 2.00. The molecule has 0 unspecified atom stereocenters. The van der Waals surface area contributed by atoms with Crippen LogP contribution in [-0.4, -0.2) is 26.2 Å². The fourth-order valence-electron chi connectivity index (χ4n) is 2.00. The molecule has 0 atom stereocenters. The van der Waals surface area contributed by atoms with Gasteiger partial charge in [-0.25, -0.2) is 4.39 Å². The topological polar surface area (TPSA) is 52.3 Å². The minimum Gasteiger partial charge on any atom is -0.406 e. The molecule has 0 aliphatic rings. The zero-order chi connectivity index (χ0) is 18.4. The third-order valence-electron chi connectivity index (χ3n) is 2.96. The summed E-state index contributed by atoms with van der Waals surface area (Å²) in [7, 11) is 0. The van der Waals surface area contributed by atoms with E-state index in [9.17, 15) is 30.7 Å². The number of hydrogen-bond acceptors (Lipinski definition) is 4. The Morgan fingerprint density at radius 3 is 2.12 bits per heavy atom. The van der Waals surface area contributed by atoms with E-state index in [4.69, 9.17) is 0 Å². The monoisotopic (exact) mass is 366 g/mol. The van der Waals surface area contributed by atoms with Crippen LogP contribution in [0.3, 0.4) is 0 Å². The van der Waals surface area contributed by atoms with Crippen molar-refractivity contribution in [3.8, 4) is 17.0 Å². The van der Waals surface area contributed by atoms with E-state index in [2.05, 4.69) is 20.0 Å². The molecule has 0 N–H and O–H groups in total. The van der Waals surface area contributed by atoms with Crippen molar-refractivity contribution < 1.29 is 35.5 Å². The van der Waals surface area contributed by atoms with E-state index in [1.54, 1.807) is 0 Å². The normalized spacial score (nSPS) is 12.6. The Morgan fingerprint density at radius 1 is 0.920 bits per heavy atom. The van der Waals surface area contributed by atoms with Gasteiger partial charge in [0.25, 0.3) is 5.82 Å². The molecule has 12 heteroatoms. The summed E-state index contributed by atoms with van der Waals surface area (Å²) < 4.78 is 92.8. The molecule has 3 aromatic rings. The SMILES string of the molecule is Fc1cc2nnc(C(F)(F)F)n2nc1-c1ccc(OC(F)(F)F)cc1. The summed E-state index contributed by atoms with van der Waals surface area (Å²) in [6.45, 7) is 0. The van der Waals surface area contributed by atoms with Crippen molar-refractivity contribution in [3.63, 3.8) is 0 Å². The van der Waals surface area contributed by atoms with Crippen LogP contribution >= 0.6 is 0 Å². The average molecular weight is 366 g/mol. The number of halogens is 7. The molecule has 0 saturated heterocycles. The van der Waals surface area contributed by atoms with E-state index in [1.165, 1.54) is 0 Å². The Hall–Kier alpha value is -2.92. The predicted molar refractivity (Wildman–Crippen MR) is 67.9 cm³/mol. The first kappa shape index (κ1) is 16.9. The molecule has 3 rings (SSSR count). The van der Waals surface area contributed by atoms with Gasteiger partial charge in [0, 0.05) is 11.6 Å². The highest BCUT2D eigenvalue weighted by Gasteiger charge is 2.38. The third kappa shape index (κ3) is 3.46. The molecule has 0 radical (unpaired) electrons. The molecule has 0 amide bonds. The first-order chi connectivity index (χ1) is 11.5. The van der Waals surface area contributed by atoms with E-state index in [0.29, 0.717) is 10.6 Å². The highest BCUT2D eigenvalue weighted by atomic mass is 19.4. The summed E-state index contributed by atoms with van der Waals surface area (Å²) in [5.74, 6) is -3.04. The Bertz CT molecular complexity index is 915. The molecule has 0 bridgehead atoms. The fraction of sp³-hybridized carbons (Fsp3) is 0.154. The number of fused-ring (bicyclic) bond motifs is 1. The van der Waals surface area contributed by atoms with E-state index < -0.39 is 41.3 Å².